The number of likely N-dealkylation sites (tertiary alicyclic amines) is 1. The Morgan fingerprint density at radius 2 is 2.12 bits per heavy atom. The summed E-state index contributed by atoms with van der Waals surface area (Å²) in [7, 11) is 3.98. The molecule has 2 rings (SSSR count). The Bertz CT molecular complexity index is 278. The molecule has 0 aromatic heterocycles. The maximum Gasteiger partial charge on any atom is 0.236 e. The van der Waals surface area contributed by atoms with E-state index in [4.69, 9.17) is 0 Å². The van der Waals surface area contributed by atoms with E-state index in [1.54, 1.807) is 0 Å². The standard InChI is InChI=1S/C13H25N3O/c1-10-8-16(7-6-12(10)14-2)9-13(17)15(3)11-4-5-11/h10-12,14H,4-9H2,1-3H3. The van der Waals surface area contributed by atoms with Crippen LogP contribution >= 0.6 is 0 Å². The van der Waals surface area contributed by atoms with E-state index >= 15 is 0 Å². The molecule has 1 heterocycles. The van der Waals surface area contributed by atoms with Crippen LogP contribution in [0.1, 0.15) is 26.2 Å². The highest BCUT2D eigenvalue weighted by atomic mass is 16.2. The minimum absolute atomic E-state index is 0.294. The van der Waals surface area contributed by atoms with Crippen molar-refractivity contribution in [2.45, 2.75) is 38.3 Å². The molecule has 0 aromatic carbocycles. The monoisotopic (exact) mass is 239 g/mol. The minimum Gasteiger partial charge on any atom is -0.342 e. The molecule has 17 heavy (non-hydrogen) atoms. The molecule has 1 N–H and O–H groups in total. The van der Waals surface area contributed by atoms with E-state index in [9.17, 15) is 4.79 Å². The zero-order chi connectivity index (χ0) is 12.4. The second kappa shape index (κ2) is 5.36. The Morgan fingerprint density at radius 1 is 1.41 bits per heavy atom. The van der Waals surface area contributed by atoms with Crippen LogP contribution in [0.25, 0.3) is 0 Å². The fourth-order valence-corrected chi connectivity index (χ4v) is 2.77. The van der Waals surface area contributed by atoms with Crippen LogP contribution in [0.3, 0.4) is 0 Å². The van der Waals surface area contributed by atoms with Gasteiger partial charge in [0.2, 0.25) is 5.91 Å². The van der Waals surface area contributed by atoms with Gasteiger partial charge in [0, 0.05) is 32.2 Å². The summed E-state index contributed by atoms with van der Waals surface area (Å²) in [6.45, 7) is 4.95. The van der Waals surface area contributed by atoms with Crippen molar-refractivity contribution in [2.75, 3.05) is 33.7 Å². The van der Waals surface area contributed by atoms with Crippen LogP contribution in [-0.4, -0.2) is 61.5 Å². The predicted octanol–water partition coefficient (Wildman–Crippen LogP) is 0.537. The van der Waals surface area contributed by atoms with Crippen LogP contribution in [0.2, 0.25) is 0 Å². The topological polar surface area (TPSA) is 35.6 Å². The predicted molar refractivity (Wildman–Crippen MR) is 68.9 cm³/mol. The van der Waals surface area contributed by atoms with E-state index < -0.39 is 0 Å². The first-order chi connectivity index (χ1) is 8.11. The van der Waals surface area contributed by atoms with Crippen molar-refractivity contribution in [2.24, 2.45) is 5.92 Å². The average Bonchev–Trinajstić information content (AvgIpc) is 3.12. The van der Waals surface area contributed by atoms with Gasteiger partial charge in [-0.05, 0) is 32.2 Å². The summed E-state index contributed by atoms with van der Waals surface area (Å²) < 4.78 is 0. The second-order valence-corrected chi connectivity index (χ2v) is 5.63. The molecule has 1 saturated heterocycles. The molecule has 1 aliphatic carbocycles. The molecule has 0 radical (unpaired) electrons. The first-order valence-electron chi connectivity index (χ1n) is 6.77. The van der Waals surface area contributed by atoms with E-state index in [1.807, 2.05) is 19.0 Å². The highest BCUT2D eigenvalue weighted by Gasteiger charge is 2.31. The summed E-state index contributed by atoms with van der Waals surface area (Å²) in [6.07, 6.45) is 3.54. The Kier molecular flexibility index (Phi) is 4.05. The molecular formula is C13H25N3O. The quantitative estimate of drug-likeness (QED) is 0.777. The Morgan fingerprint density at radius 3 is 2.65 bits per heavy atom. The zero-order valence-electron chi connectivity index (χ0n) is 11.3. The molecule has 0 spiro atoms. The van der Waals surface area contributed by atoms with Gasteiger partial charge in [-0.1, -0.05) is 6.92 Å². The van der Waals surface area contributed by atoms with E-state index in [-0.39, 0.29) is 0 Å². The van der Waals surface area contributed by atoms with Crippen molar-refractivity contribution < 1.29 is 4.79 Å². The number of nitrogens with one attached hydrogen (secondary N) is 1. The Labute approximate surface area is 104 Å². The maximum atomic E-state index is 12.0. The first-order valence-corrected chi connectivity index (χ1v) is 6.77. The third kappa shape index (κ3) is 3.19. The van der Waals surface area contributed by atoms with Crippen molar-refractivity contribution in [1.29, 1.82) is 0 Å². The van der Waals surface area contributed by atoms with Gasteiger partial charge >= 0.3 is 0 Å². The summed E-state index contributed by atoms with van der Waals surface area (Å²) in [5.74, 6) is 0.926. The molecule has 2 unspecified atom stereocenters. The summed E-state index contributed by atoms with van der Waals surface area (Å²) in [5.41, 5.74) is 0. The van der Waals surface area contributed by atoms with E-state index in [2.05, 4.69) is 17.1 Å². The number of likely N-dealkylation sites (N-methyl/N-ethyl adjacent to an activating group) is 1. The minimum atomic E-state index is 0.294. The lowest BCUT2D eigenvalue weighted by atomic mass is 9.94. The Balaban J connectivity index is 1.77. The molecule has 2 atom stereocenters. The molecule has 2 aliphatic rings. The van der Waals surface area contributed by atoms with Gasteiger partial charge in [0.15, 0.2) is 0 Å². The third-order valence-corrected chi connectivity index (χ3v) is 4.21. The number of hydrogen-bond acceptors (Lipinski definition) is 3. The largest absolute Gasteiger partial charge is 0.342 e. The van der Waals surface area contributed by atoms with Gasteiger partial charge in [0.1, 0.15) is 0 Å². The van der Waals surface area contributed by atoms with Crippen LogP contribution in [0.4, 0.5) is 0 Å². The van der Waals surface area contributed by atoms with Gasteiger partial charge in [-0.2, -0.15) is 0 Å². The van der Waals surface area contributed by atoms with Gasteiger partial charge in [0.25, 0.3) is 0 Å². The summed E-state index contributed by atoms with van der Waals surface area (Å²) in [5, 5.41) is 3.36. The maximum absolute atomic E-state index is 12.0. The lowest BCUT2D eigenvalue weighted by Gasteiger charge is -2.37. The highest BCUT2D eigenvalue weighted by molar-refractivity contribution is 5.78. The fraction of sp³-hybridized carbons (Fsp3) is 0.923. The fourth-order valence-electron chi connectivity index (χ4n) is 2.77. The molecule has 1 aliphatic heterocycles. The lowest BCUT2D eigenvalue weighted by molar-refractivity contribution is -0.132. The van der Waals surface area contributed by atoms with Crippen LogP contribution in [-0.2, 0) is 4.79 Å². The first kappa shape index (κ1) is 12.8. The van der Waals surface area contributed by atoms with E-state index in [1.165, 1.54) is 12.8 Å². The second-order valence-electron chi connectivity index (χ2n) is 5.63. The van der Waals surface area contributed by atoms with Crippen LogP contribution in [0, 0.1) is 5.92 Å². The number of amides is 1. The number of hydrogen-bond donors (Lipinski definition) is 1. The number of carbonyl (C=O) groups excluding carboxylic acids is 1. The molecule has 1 saturated carbocycles. The van der Waals surface area contributed by atoms with Crippen molar-refractivity contribution in [1.82, 2.24) is 15.1 Å². The molecular weight excluding hydrogens is 214 g/mol. The van der Waals surface area contributed by atoms with Gasteiger partial charge in [-0.15, -0.1) is 0 Å². The normalized spacial score (nSPS) is 30.3. The molecule has 2 fully saturated rings. The average molecular weight is 239 g/mol. The van der Waals surface area contributed by atoms with Crippen molar-refractivity contribution in [3.8, 4) is 0 Å². The smallest absolute Gasteiger partial charge is 0.236 e. The van der Waals surface area contributed by atoms with Crippen LogP contribution in [0.5, 0.6) is 0 Å². The molecule has 1 amide bonds. The van der Waals surface area contributed by atoms with Crippen molar-refractivity contribution in [3.05, 3.63) is 0 Å². The summed E-state index contributed by atoms with van der Waals surface area (Å²) in [4.78, 5) is 16.3. The van der Waals surface area contributed by atoms with Gasteiger partial charge in [-0.25, -0.2) is 0 Å². The lowest BCUT2D eigenvalue weighted by Crippen LogP contribution is -2.50. The molecule has 0 aromatic rings. The highest BCUT2D eigenvalue weighted by Crippen LogP contribution is 2.25. The van der Waals surface area contributed by atoms with Gasteiger partial charge < -0.3 is 10.2 Å². The van der Waals surface area contributed by atoms with Crippen LogP contribution in [0.15, 0.2) is 0 Å². The molecule has 4 heteroatoms. The molecule has 98 valence electrons. The van der Waals surface area contributed by atoms with Crippen LogP contribution < -0.4 is 5.32 Å². The van der Waals surface area contributed by atoms with Gasteiger partial charge in [0.05, 0.1) is 6.54 Å². The molecule has 0 bridgehead atoms. The molecule has 4 nitrogen and oxygen atoms in total. The van der Waals surface area contributed by atoms with Crippen molar-refractivity contribution in [3.63, 3.8) is 0 Å². The number of carbonyl (C=O) groups is 1. The SMILES string of the molecule is CNC1CCN(CC(=O)N(C)C2CC2)CC1C. The third-order valence-electron chi connectivity index (χ3n) is 4.21. The number of piperidine rings is 1. The van der Waals surface area contributed by atoms with Crippen molar-refractivity contribution >= 4 is 5.91 Å². The zero-order valence-corrected chi connectivity index (χ0v) is 11.3. The summed E-state index contributed by atoms with van der Waals surface area (Å²) >= 11 is 0. The van der Waals surface area contributed by atoms with E-state index in [0.29, 0.717) is 30.5 Å². The Hall–Kier alpha value is -0.610. The summed E-state index contributed by atoms with van der Waals surface area (Å²) in [6, 6.07) is 1.15. The number of rotatable bonds is 4. The van der Waals surface area contributed by atoms with E-state index in [0.717, 1.165) is 19.5 Å². The van der Waals surface area contributed by atoms with Gasteiger partial charge in [-0.3, -0.25) is 9.69 Å². The number of nitrogens with zero attached hydrogens (tertiary/aromatic N) is 2.